The van der Waals surface area contributed by atoms with E-state index < -0.39 is 23.7 Å². The van der Waals surface area contributed by atoms with Crippen molar-refractivity contribution in [2.75, 3.05) is 59.7 Å². The number of hydrogen-bond acceptors (Lipinski definition) is 9. The molecule has 10 nitrogen and oxygen atoms in total. The van der Waals surface area contributed by atoms with Crippen molar-refractivity contribution in [3.05, 3.63) is 64.7 Å². The van der Waals surface area contributed by atoms with Crippen LogP contribution in [-0.2, 0) is 19.1 Å². The monoisotopic (exact) mass is 508 g/mol. The van der Waals surface area contributed by atoms with Crippen LogP contribution in [0.2, 0.25) is 0 Å². The first-order valence-corrected chi connectivity index (χ1v) is 12.1. The molecule has 0 saturated carbocycles. The maximum Gasteiger partial charge on any atom is 0.337 e. The Balaban J connectivity index is 1.53. The number of rotatable bonds is 6. The van der Waals surface area contributed by atoms with E-state index in [4.69, 9.17) is 18.9 Å². The van der Waals surface area contributed by atoms with Crippen LogP contribution in [-0.4, -0.2) is 92.3 Å². The summed E-state index contributed by atoms with van der Waals surface area (Å²) in [7, 11) is 1.30. The van der Waals surface area contributed by atoms with E-state index in [1.807, 2.05) is 0 Å². The predicted molar refractivity (Wildman–Crippen MR) is 131 cm³/mol. The number of esters is 1. The average Bonchev–Trinajstić information content (AvgIpc) is 3.20. The zero-order chi connectivity index (χ0) is 25.9. The highest BCUT2D eigenvalue weighted by atomic mass is 16.6. The van der Waals surface area contributed by atoms with Crippen LogP contribution in [0.15, 0.2) is 48.0 Å². The lowest BCUT2D eigenvalue weighted by Crippen LogP contribution is -2.42. The van der Waals surface area contributed by atoms with Crippen molar-refractivity contribution in [3.8, 4) is 11.5 Å². The fraction of sp³-hybridized carbons (Fsp3) is 0.370. The van der Waals surface area contributed by atoms with Gasteiger partial charge in [-0.3, -0.25) is 14.5 Å². The van der Waals surface area contributed by atoms with E-state index >= 15 is 0 Å². The van der Waals surface area contributed by atoms with Gasteiger partial charge in [0.2, 0.25) is 0 Å². The first kappa shape index (κ1) is 24.8. The van der Waals surface area contributed by atoms with Crippen LogP contribution >= 0.6 is 0 Å². The summed E-state index contributed by atoms with van der Waals surface area (Å²) in [6.45, 7) is 4.33. The van der Waals surface area contributed by atoms with Gasteiger partial charge in [0, 0.05) is 31.7 Å². The molecule has 0 spiro atoms. The van der Waals surface area contributed by atoms with Gasteiger partial charge in [-0.2, -0.15) is 0 Å². The van der Waals surface area contributed by atoms with Crippen LogP contribution in [0.3, 0.4) is 0 Å². The number of ketones is 1. The summed E-state index contributed by atoms with van der Waals surface area (Å²) >= 11 is 0. The van der Waals surface area contributed by atoms with Crippen molar-refractivity contribution in [3.63, 3.8) is 0 Å². The number of Topliss-reactive ketones (excluding diaryl/α,β-unsaturated/α-hetero) is 1. The number of nitrogens with zero attached hydrogens (tertiary/aromatic N) is 2. The number of methoxy groups -OCH3 is 1. The molecule has 0 aromatic heterocycles. The number of morpholine rings is 1. The minimum Gasteiger partial charge on any atom is -0.507 e. The standard InChI is InChI=1S/C27H28N2O8/c1-34-27(33)18-4-2-17(3-5-18)23-22(24(30)19-6-7-20-21(16-19)37-15-14-36-20)25(31)26(32)29(23)9-8-28-10-12-35-13-11-28/h2-7,16,23,30H,8-15H2,1H3/b24-22-. The van der Waals surface area contributed by atoms with Gasteiger partial charge in [-0.1, -0.05) is 12.1 Å². The van der Waals surface area contributed by atoms with Crippen LogP contribution in [0.1, 0.15) is 27.5 Å². The van der Waals surface area contributed by atoms with E-state index in [2.05, 4.69) is 4.90 Å². The Morgan fingerprint density at radius 2 is 1.62 bits per heavy atom. The quantitative estimate of drug-likeness (QED) is 0.271. The summed E-state index contributed by atoms with van der Waals surface area (Å²) in [6.07, 6.45) is 0. The zero-order valence-corrected chi connectivity index (χ0v) is 20.5. The molecule has 10 heteroatoms. The molecule has 1 amide bonds. The lowest BCUT2D eigenvalue weighted by molar-refractivity contribution is -0.140. The van der Waals surface area contributed by atoms with E-state index in [1.165, 1.54) is 12.0 Å². The number of ether oxygens (including phenoxy) is 4. The molecule has 3 heterocycles. The molecule has 3 aliphatic heterocycles. The number of carbonyl (C=O) groups is 3. The van der Waals surface area contributed by atoms with Gasteiger partial charge in [-0.15, -0.1) is 0 Å². The Labute approximate surface area is 214 Å². The van der Waals surface area contributed by atoms with Crippen LogP contribution in [0, 0.1) is 0 Å². The van der Waals surface area contributed by atoms with Crippen molar-refractivity contribution >= 4 is 23.4 Å². The first-order chi connectivity index (χ1) is 18.0. The average molecular weight is 509 g/mol. The molecule has 2 saturated heterocycles. The van der Waals surface area contributed by atoms with Gasteiger partial charge in [0.1, 0.15) is 19.0 Å². The molecule has 1 unspecified atom stereocenters. The number of aliphatic hydroxyl groups excluding tert-OH is 1. The van der Waals surface area contributed by atoms with Gasteiger partial charge in [0.05, 0.1) is 37.5 Å². The summed E-state index contributed by atoms with van der Waals surface area (Å²) in [6, 6.07) is 10.5. The van der Waals surface area contributed by atoms with Gasteiger partial charge >= 0.3 is 5.97 Å². The molecular formula is C27H28N2O8. The highest BCUT2D eigenvalue weighted by molar-refractivity contribution is 6.46. The van der Waals surface area contributed by atoms with Crippen molar-refractivity contribution in [2.45, 2.75) is 6.04 Å². The zero-order valence-electron chi connectivity index (χ0n) is 20.5. The minimum absolute atomic E-state index is 0.0190. The molecule has 2 aromatic rings. The Bertz CT molecular complexity index is 1230. The van der Waals surface area contributed by atoms with Crippen LogP contribution < -0.4 is 9.47 Å². The lowest BCUT2D eigenvalue weighted by Gasteiger charge is -2.31. The van der Waals surface area contributed by atoms with E-state index in [0.29, 0.717) is 61.2 Å². The van der Waals surface area contributed by atoms with Crippen molar-refractivity contribution in [1.82, 2.24) is 9.80 Å². The second-order valence-electron chi connectivity index (χ2n) is 8.92. The number of benzene rings is 2. The number of likely N-dealkylation sites (tertiary alicyclic amines) is 1. The Kier molecular flexibility index (Phi) is 7.11. The maximum absolute atomic E-state index is 13.3. The fourth-order valence-corrected chi connectivity index (χ4v) is 4.80. The van der Waals surface area contributed by atoms with Crippen LogP contribution in [0.4, 0.5) is 0 Å². The molecule has 5 rings (SSSR count). The molecule has 0 bridgehead atoms. The third-order valence-corrected chi connectivity index (χ3v) is 6.76. The van der Waals surface area contributed by atoms with E-state index in [1.54, 1.807) is 42.5 Å². The van der Waals surface area contributed by atoms with Gasteiger partial charge in [0.15, 0.2) is 11.5 Å². The molecular weight excluding hydrogens is 480 g/mol. The molecule has 1 atom stereocenters. The summed E-state index contributed by atoms with van der Waals surface area (Å²) in [5, 5.41) is 11.3. The number of aliphatic hydroxyl groups is 1. The SMILES string of the molecule is COC(=O)c1ccc(C2/C(=C(/O)c3ccc4c(c3)OCCO4)C(=O)C(=O)N2CCN2CCOCC2)cc1. The molecule has 0 radical (unpaired) electrons. The molecule has 2 aromatic carbocycles. The van der Waals surface area contributed by atoms with Crippen molar-refractivity contribution < 1.29 is 38.4 Å². The van der Waals surface area contributed by atoms with Gasteiger partial charge < -0.3 is 29.0 Å². The number of amides is 1. The molecule has 3 aliphatic rings. The fourth-order valence-electron chi connectivity index (χ4n) is 4.80. The summed E-state index contributed by atoms with van der Waals surface area (Å²) < 4.78 is 21.4. The maximum atomic E-state index is 13.3. The van der Waals surface area contributed by atoms with Gasteiger partial charge in [0.25, 0.3) is 11.7 Å². The number of fused-ring (bicyclic) bond motifs is 1. The highest BCUT2D eigenvalue weighted by Gasteiger charge is 2.46. The molecule has 0 aliphatic carbocycles. The lowest BCUT2D eigenvalue weighted by atomic mass is 9.94. The second kappa shape index (κ2) is 10.6. The molecule has 1 N–H and O–H groups in total. The predicted octanol–water partition coefficient (Wildman–Crippen LogP) is 2.00. The topological polar surface area (TPSA) is 115 Å². The third-order valence-electron chi connectivity index (χ3n) is 6.76. The summed E-state index contributed by atoms with van der Waals surface area (Å²) in [4.78, 5) is 42.1. The molecule has 37 heavy (non-hydrogen) atoms. The largest absolute Gasteiger partial charge is 0.507 e. The van der Waals surface area contributed by atoms with E-state index in [-0.39, 0.29) is 17.9 Å². The Morgan fingerprint density at radius 3 is 2.32 bits per heavy atom. The van der Waals surface area contributed by atoms with Crippen LogP contribution in [0.25, 0.3) is 5.76 Å². The van der Waals surface area contributed by atoms with E-state index in [9.17, 15) is 19.5 Å². The van der Waals surface area contributed by atoms with E-state index in [0.717, 1.165) is 13.1 Å². The highest BCUT2D eigenvalue weighted by Crippen LogP contribution is 2.41. The first-order valence-electron chi connectivity index (χ1n) is 12.1. The van der Waals surface area contributed by atoms with Gasteiger partial charge in [-0.25, -0.2) is 4.79 Å². The summed E-state index contributed by atoms with van der Waals surface area (Å²) in [5.41, 5.74) is 1.25. The Morgan fingerprint density at radius 1 is 0.946 bits per heavy atom. The minimum atomic E-state index is -0.832. The van der Waals surface area contributed by atoms with Crippen LogP contribution in [0.5, 0.6) is 11.5 Å². The second-order valence-corrected chi connectivity index (χ2v) is 8.92. The van der Waals surface area contributed by atoms with Crippen molar-refractivity contribution in [1.29, 1.82) is 0 Å². The summed E-state index contributed by atoms with van der Waals surface area (Å²) in [5.74, 6) is -1.25. The normalized spacial score (nSPS) is 21.2. The van der Waals surface area contributed by atoms with Gasteiger partial charge in [-0.05, 0) is 35.9 Å². The molecule has 2 fully saturated rings. The third kappa shape index (κ3) is 4.90. The number of carbonyl (C=O) groups excluding carboxylic acids is 3. The Hall–Kier alpha value is -3.89. The van der Waals surface area contributed by atoms with Crippen molar-refractivity contribution in [2.24, 2.45) is 0 Å². The molecule has 194 valence electrons. The smallest absolute Gasteiger partial charge is 0.337 e. The number of hydrogen-bond donors (Lipinski definition) is 1.